The fraction of sp³-hybridized carbons (Fsp3) is 0.227. The Morgan fingerprint density at radius 2 is 2.06 bits per heavy atom. The third-order valence-corrected chi connectivity index (χ3v) is 6.11. The average molecular weight is 548 g/mol. The summed E-state index contributed by atoms with van der Waals surface area (Å²) >= 11 is 15.9. The van der Waals surface area contributed by atoms with Gasteiger partial charge in [-0.1, -0.05) is 23.2 Å². The number of rotatable bonds is 6. The minimum Gasteiger partial charge on any atom is -0.336 e. The van der Waals surface area contributed by atoms with Crippen LogP contribution in [0.4, 0.5) is 5.69 Å². The number of aromatic nitrogens is 3. The zero-order chi connectivity index (χ0) is 23.7. The summed E-state index contributed by atoms with van der Waals surface area (Å²) in [6.45, 7) is 2.39. The van der Waals surface area contributed by atoms with Crippen molar-refractivity contribution in [2.24, 2.45) is 0 Å². The summed E-state index contributed by atoms with van der Waals surface area (Å²) in [5, 5.41) is 16.7. The van der Waals surface area contributed by atoms with Gasteiger partial charge in [-0.3, -0.25) is 9.59 Å². The van der Waals surface area contributed by atoms with Crippen LogP contribution in [0.1, 0.15) is 46.2 Å². The van der Waals surface area contributed by atoms with Crippen LogP contribution >= 0.6 is 39.1 Å². The van der Waals surface area contributed by atoms with Crippen molar-refractivity contribution in [2.45, 2.75) is 25.8 Å². The van der Waals surface area contributed by atoms with Crippen molar-refractivity contribution in [3.63, 3.8) is 0 Å². The van der Waals surface area contributed by atoms with E-state index in [9.17, 15) is 14.9 Å². The summed E-state index contributed by atoms with van der Waals surface area (Å²) in [6, 6.07) is 9.81. The Hall–Kier alpha value is -2.93. The van der Waals surface area contributed by atoms with Crippen molar-refractivity contribution < 1.29 is 9.59 Å². The first kappa shape index (κ1) is 23.2. The third kappa shape index (κ3) is 4.74. The number of benzene rings is 1. The highest BCUT2D eigenvalue weighted by Gasteiger charge is 2.34. The molecule has 1 aliphatic rings. The molecule has 3 aromatic rings. The molecule has 11 heteroatoms. The lowest BCUT2D eigenvalue weighted by molar-refractivity contribution is 0.0753. The Morgan fingerprint density at radius 1 is 1.30 bits per heavy atom. The predicted octanol–water partition coefficient (Wildman–Crippen LogP) is 5.09. The van der Waals surface area contributed by atoms with Crippen LogP contribution in [0.25, 0.3) is 5.82 Å². The Labute approximate surface area is 208 Å². The molecule has 168 valence electrons. The Bertz CT molecular complexity index is 1300. The quantitative estimate of drug-likeness (QED) is 0.463. The summed E-state index contributed by atoms with van der Waals surface area (Å²) in [4.78, 5) is 32.5. The number of pyridine rings is 1. The van der Waals surface area contributed by atoms with Gasteiger partial charge in [0.25, 0.3) is 11.8 Å². The van der Waals surface area contributed by atoms with Gasteiger partial charge in [-0.05, 0) is 60.0 Å². The van der Waals surface area contributed by atoms with Crippen LogP contribution in [0, 0.1) is 11.3 Å². The first-order valence-corrected chi connectivity index (χ1v) is 11.6. The molecule has 0 aliphatic heterocycles. The first-order valence-electron chi connectivity index (χ1n) is 10.1. The van der Waals surface area contributed by atoms with Crippen LogP contribution < -0.4 is 5.32 Å². The van der Waals surface area contributed by atoms with E-state index in [1.54, 1.807) is 17.0 Å². The molecule has 0 unspecified atom stereocenters. The summed E-state index contributed by atoms with van der Waals surface area (Å²) < 4.78 is 1.69. The third-order valence-electron chi connectivity index (χ3n) is 5.13. The van der Waals surface area contributed by atoms with E-state index >= 15 is 0 Å². The number of carbonyl (C=O) groups excluding carboxylic acids is 2. The minimum atomic E-state index is -0.579. The van der Waals surface area contributed by atoms with Gasteiger partial charge in [-0.2, -0.15) is 10.4 Å². The van der Waals surface area contributed by atoms with Crippen LogP contribution in [-0.2, 0) is 0 Å². The van der Waals surface area contributed by atoms with Gasteiger partial charge in [0.1, 0.15) is 10.3 Å². The maximum absolute atomic E-state index is 13.3. The van der Waals surface area contributed by atoms with Crippen molar-refractivity contribution in [3.8, 4) is 11.9 Å². The van der Waals surface area contributed by atoms with Gasteiger partial charge in [0.15, 0.2) is 5.82 Å². The SMILES string of the molecule is CCN(C(=O)c1cc(C#N)cc(Cl)c1NC(=O)c1cc(Br)nn1-c1ncccc1Cl)C1CC1. The molecule has 0 bridgehead atoms. The Morgan fingerprint density at radius 3 is 2.70 bits per heavy atom. The highest BCUT2D eigenvalue weighted by molar-refractivity contribution is 9.10. The number of anilines is 1. The van der Waals surface area contributed by atoms with Crippen molar-refractivity contribution in [1.82, 2.24) is 19.7 Å². The van der Waals surface area contributed by atoms with Gasteiger partial charge in [0, 0.05) is 24.8 Å². The smallest absolute Gasteiger partial charge is 0.274 e. The number of amides is 2. The van der Waals surface area contributed by atoms with E-state index in [0.717, 1.165) is 12.8 Å². The second-order valence-corrected chi connectivity index (χ2v) is 8.97. The van der Waals surface area contributed by atoms with E-state index in [1.165, 1.54) is 29.1 Å². The summed E-state index contributed by atoms with van der Waals surface area (Å²) in [5.41, 5.74) is 0.625. The number of nitriles is 1. The minimum absolute atomic E-state index is 0.0820. The van der Waals surface area contributed by atoms with Gasteiger partial charge in [-0.25, -0.2) is 9.67 Å². The molecule has 8 nitrogen and oxygen atoms in total. The van der Waals surface area contributed by atoms with E-state index in [4.69, 9.17) is 23.2 Å². The first-order chi connectivity index (χ1) is 15.8. The number of nitrogens with one attached hydrogen (secondary N) is 1. The summed E-state index contributed by atoms with van der Waals surface area (Å²) in [7, 11) is 0. The predicted molar refractivity (Wildman–Crippen MR) is 128 cm³/mol. The number of nitrogens with zero attached hydrogens (tertiary/aromatic N) is 5. The molecular weight excluding hydrogens is 531 g/mol. The Balaban J connectivity index is 1.75. The lowest BCUT2D eigenvalue weighted by Gasteiger charge is -2.22. The van der Waals surface area contributed by atoms with E-state index < -0.39 is 5.91 Å². The van der Waals surface area contributed by atoms with Crippen LogP contribution in [0.2, 0.25) is 10.0 Å². The Kier molecular flexibility index (Phi) is 6.70. The molecule has 0 radical (unpaired) electrons. The zero-order valence-corrected chi connectivity index (χ0v) is 20.4. The standard InChI is InChI=1S/C22H17BrCl2N6O2/c1-2-30(13-5-6-13)22(33)14-8-12(11-26)9-16(25)19(14)28-21(32)17-10-18(23)29-31(17)20-15(24)4-3-7-27-20/h3-4,7-10,13H,2,5-6H2,1H3,(H,28,32). The van der Waals surface area contributed by atoms with E-state index in [2.05, 4.69) is 31.3 Å². The summed E-state index contributed by atoms with van der Waals surface area (Å²) in [5.74, 6) is -0.607. The van der Waals surface area contributed by atoms with E-state index in [1.807, 2.05) is 13.0 Å². The van der Waals surface area contributed by atoms with E-state index in [-0.39, 0.29) is 45.3 Å². The van der Waals surface area contributed by atoms with Gasteiger partial charge < -0.3 is 10.2 Å². The zero-order valence-electron chi connectivity index (χ0n) is 17.3. The molecule has 2 amide bonds. The second kappa shape index (κ2) is 9.51. The van der Waals surface area contributed by atoms with Crippen LogP contribution in [0.15, 0.2) is 41.1 Å². The highest BCUT2D eigenvalue weighted by atomic mass is 79.9. The number of halogens is 3. The largest absolute Gasteiger partial charge is 0.336 e. The molecule has 2 aromatic heterocycles. The maximum atomic E-state index is 13.3. The summed E-state index contributed by atoms with van der Waals surface area (Å²) in [6.07, 6.45) is 3.37. The monoisotopic (exact) mass is 546 g/mol. The number of hydrogen-bond donors (Lipinski definition) is 1. The molecule has 1 aromatic carbocycles. The fourth-order valence-corrected chi connectivity index (χ4v) is 4.31. The molecule has 1 aliphatic carbocycles. The van der Waals surface area contributed by atoms with E-state index in [0.29, 0.717) is 16.2 Å². The molecule has 0 spiro atoms. The molecule has 4 rings (SSSR count). The molecule has 33 heavy (non-hydrogen) atoms. The lowest BCUT2D eigenvalue weighted by atomic mass is 10.1. The van der Waals surface area contributed by atoms with Gasteiger partial charge >= 0.3 is 0 Å². The van der Waals surface area contributed by atoms with Gasteiger partial charge in [-0.15, -0.1) is 0 Å². The number of hydrogen-bond acceptors (Lipinski definition) is 5. The molecular formula is C22H17BrCl2N6O2. The lowest BCUT2D eigenvalue weighted by Crippen LogP contribution is -2.33. The van der Waals surface area contributed by atoms with Crippen molar-refractivity contribution in [2.75, 3.05) is 11.9 Å². The number of carbonyl (C=O) groups is 2. The molecule has 0 atom stereocenters. The van der Waals surface area contributed by atoms with Crippen molar-refractivity contribution in [3.05, 3.63) is 68.0 Å². The molecule has 1 fully saturated rings. The molecule has 1 N–H and O–H groups in total. The van der Waals surface area contributed by atoms with Gasteiger partial charge in [0.05, 0.1) is 32.9 Å². The van der Waals surface area contributed by atoms with Crippen LogP contribution in [0.3, 0.4) is 0 Å². The average Bonchev–Trinajstić information content (AvgIpc) is 3.56. The fourth-order valence-electron chi connectivity index (χ4n) is 3.46. The van der Waals surface area contributed by atoms with Crippen LogP contribution in [0.5, 0.6) is 0 Å². The molecule has 1 saturated carbocycles. The molecule has 2 heterocycles. The van der Waals surface area contributed by atoms with Gasteiger partial charge in [0.2, 0.25) is 0 Å². The maximum Gasteiger partial charge on any atom is 0.274 e. The normalized spacial score (nSPS) is 12.8. The van der Waals surface area contributed by atoms with Crippen molar-refractivity contribution >= 4 is 56.6 Å². The topological polar surface area (TPSA) is 104 Å². The van der Waals surface area contributed by atoms with Crippen molar-refractivity contribution in [1.29, 1.82) is 5.26 Å². The highest BCUT2D eigenvalue weighted by Crippen LogP contribution is 2.34. The van der Waals surface area contributed by atoms with Crippen LogP contribution in [-0.4, -0.2) is 44.1 Å². The molecule has 0 saturated heterocycles. The second-order valence-electron chi connectivity index (χ2n) is 7.34.